The number of sulfonamides is 1. The maximum atomic E-state index is 12.6. The SMILES string of the molecule is N#Cc1ccc(S(=O)(=O)Nc2cccc(CNCCOc3cccc4c3OCCO4)c2)cc1. The molecule has 0 atom stereocenters. The van der Waals surface area contributed by atoms with Crippen molar-refractivity contribution in [2.45, 2.75) is 11.4 Å². The molecule has 0 saturated carbocycles. The third-order valence-corrected chi connectivity index (χ3v) is 6.27. The van der Waals surface area contributed by atoms with Gasteiger partial charge in [-0.3, -0.25) is 4.72 Å². The zero-order valence-electron chi connectivity index (χ0n) is 17.8. The van der Waals surface area contributed by atoms with Gasteiger partial charge in [0.25, 0.3) is 10.0 Å². The van der Waals surface area contributed by atoms with Crippen molar-refractivity contribution in [2.24, 2.45) is 0 Å². The Labute approximate surface area is 192 Å². The van der Waals surface area contributed by atoms with E-state index in [9.17, 15) is 8.42 Å². The smallest absolute Gasteiger partial charge is 0.261 e. The zero-order chi connectivity index (χ0) is 23.1. The number of rotatable bonds is 9. The van der Waals surface area contributed by atoms with E-state index in [2.05, 4.69) is 10.0 Å². The van der Waals surface area contributed by atoms with Crippen LogP contribution in [0, 0.1) is 11.3 Å². The predicted octanol–water partition coefficient (Wildman–Crippen LogP) is 3.30. The highest BCUT2D eigenvalue weighted by Crippen LogP contribution is 2.38. The molecule has 0 aromatic heterocycles. The third-order valence-electron chi connectivity index (χ3n) is 4.87. The second-order valence-electron chi connectivity index (χ2n) is 7.25. The highest BCUT2D eigenvalue weighted by molar-refractivity contribution is 7.92. The number of hydrogen-bond acceptors (Lipinski definition) is 7. The standard InChI is InChI=1S/C24H23N3O5S/c25-16-18-7-9-21(10-8-18)33(28,29)27-20-4-1-3-19(15-20)17-26-11-12-30-22-5-2-6-23-24(22)32-14-13-31-23/h1-10,15,26-27H,11-14,17H2. The van der Waals surface area contributed by atoms with Crippen molar-refractivity contribution in [3.8, 4) is 23.3 Å². The minimum Gasteiger partial charge on any atom is -0.488 e. The Morgan fingerprint density at radius 1 is 1.00 bits per heavy atom. The molecule has 170 valence electrons. The summed E-state index contributed by atoms with van der Waals surface area (Å²) in [6, 6.07) is 20.5. The lowest BCUT2D eigenvalue weighted by Gasteiger charge is -2.20. The van der Waals surface area contributed by atoms with Gasteiger partial charge in [-0.1, -0.05) is 18.2 Å². The topological polar surface area (TPSA) is 110 Å². The summed E-state index contributed by atoms with van der Waals surface area (Å²) >= 11 is 0. The molecule has 9 heteroatoms. The molecule has 0 fully saturated rings. The van der Waals surface area contributed by atoms with Crippen molar-refractivity contribution in [3.63, 3.8) is 0 Å². The summed E-state index contributed by atoms with van der Waals surface area (Å²) in [5, 5.41) is 12.1. The molecule has 8 nitrogen and oxygen atoms in total. The number of ether oxygens (including phenoxy) is 3. The summed E-state index contributed by atoms with van der Waals surface area (Å²) < 4.78 is 44.8. The molecule has 0 spiro atoms. The van der Waals surface area contributed by atoms with Crippen LogP contribution in [-0.2, 0) is 16.6 Å². The van der Waals surface area contributed by atoms with E-state index in [0.29, 0.717) is 61.4 Å². The van der Waals surface area contributed by atoms with Crippen molar-refractivity contribution in [3.05, 3.63) is 77.9 Å². The van der Waals surface area contributed by atoms with Crippen molar-refractivity contribution in [1.82, 2.24) is 5.32 Å². The van der Waals surface area contributed by atoms with Gasteiger partial charge >= 0.3 is 0 Å². The third kappa shape index (κ3) is 5.74. The highest BCUT2D eigenvalue weighted by atomic mass is 32.2. The fraction of sp³-hybridized carbons (Fsp3) is 0.208. The van der Waals surface area contributed by atoms with E-state index in [1.165, 1.54) is 24.3 Å². The monoisotopic (exact) mass is 465 g/mol. The molecule has 0 aliphatic carbocycles. The molecule has 0 unspecified atom stereocenters. The van der Waals surface area contributed by atoms with E-state index in [1.807, 2.05) is 30.3 Å². The van der Waals surface area contributed by atoms with Gasteiger partial charge in [-0.05, 0) is 54.1 Å². The number of anilines is 1. The molecular weight excluding hydrogens is 442 g/mol. The maximum absolute atomic E-state index is 12.6. The second-order valence-corrected chi connectivity index (χ2v) is 8.93. The van der Waals surface area contributed by atoms with Gasteiger partial charge in [0.05, 0.1) is 16.5 Å². The van der Waals surface area contributed by atoms with E-state index >= 15 is 0 Å². The number of hydrogen-bond donors (Lipinski definition) is 2. The van der Waals surface area contributed by atoms with Crippen LogP contribution in [0.1, 0.15) is 11.1 Å². The molecule has 4 rings (SSSR count). The average Bonchev–Trinajstić information content (AvgIpc) is 2.84. The Bertz CT molecular complexity index is 1250. The van der Waals surface area contributed by atoms with Gasteiger partial charge in [0, 0.05) is 18.8 Å². The minimum absolute atomic E-state index is 0.0969. The first-order valence-electron chi connectivity index (χ1n) is 10.4. The number of nitriles is 1. The van der Waals surface area contributed by atoms with Crippen LogP contribution in [0.4, 0.5) is 5.69 Å². The number of nitrogens with zero attached hydrogens (tertiary/aromatic N) is 1. The molecule has 1 aliphatic rings. The van der Waals surface area contributed by atoms with Crippen LogP contribution in [0.3, 0.4) is 0 Å². The van der Waals surface area contributed by atoms with Crippen molar-refractivity contribution >= 4 is 15.7 Å². The Kier molecular flexibility index (Phi) is 6.98. The first-order valence-corrected chi connectivity index (χ1v) is 11.9. The fourth-order valence-corrected chi connectivity index (χ4v) is 4.34. The average molecular weight is 466 g/mol. The molecule has 2 N–H and O–H groups in total. The Morgan fingerprint density at radius 2 is 1.79 bits per heavy atom. The van der Waals surface area contributed by atoms with Crippen molar-refractivity contribution in [1.29, 1.82) is 5.26 Å². The number of benzene rings is 3. The van der Waals surface area contributed by atoms with Gasteiger partial charge in [-0.15, -0.1) is 0 Å². The Morgan fingerprint density at radius 3 is 2.61 bits per heavy atom. The Hall–Kier alpha value is -3.74. The summed E-state index contributed by atoms with van der Waals surface area (Å²) in [4.78, 5) is 0.0969. The van der Waals surface area contributed by atoms with Crippen LogP contribution in [0.15, 0.2) is 71.6 Å². The van der Waals surface area contributed by atoms with E-state index in [4.69, 9.17) is 19.5 Å². The van der Waals surface area contributed by atoms with Crippen molar-refractivity contribution in [2.75, 3.05) is 31.1 Å². The fourth-order valence-electron chi connectivity index (χ4n) is 3.29. The molecule has 0 amide bonds. The molecule has 3 aromatic rings. The maximum Gasteiger partial charge on any atom is 0.261 e. The zero-order valence-corrected chi connectivity index (χ0v) is 18.6. The lowest BCUT2D eigenvalue weighted by Crippen LogP contribution is -2.21. The van der Waals surface area contributed by atoms with Crippen LogP contribution < -0.4 is 24.2 Å². The van der Waals surface area contributed by atoms with Gasteiger partial charge in [0.2, 0.25) is 5.75 Å². The minimum atomic E-state index is -3.74. The predicted molar refractivity (Wildman–Crippen MR) is 123 cm³/mol. The molecule has 33 heavy (non-hydrogen) atoms. The highest BCUT2D eigenvalue weighted by Gasteiger charge is 2.16. The van der Waals surface area contributed by atoms with Gasteiger partial charge in [-0.2, -0.15) is 5.26 Å². The first-order chi connectivity index (χ1) is 16.0. The molecule has 0 bridgehead atoms. The Balaban J connectivity index is 1.28. The van der Waals surface area contributed by atoms with E-state index in [-0.39, 0.29) is 4.90 Å². The van der Waals surface area contributed by atoms with Crippen LogP contribution in [0.25, 0.3) is 0 Å². The van der Waals surface area contributed by atoms with Gasteiger partial charge in [0.1, 0.15) is 19.8 Å². The molecular formula is C24H23N3O5S. The van der Waals surface area contributed by atoms with Crippen LogP contribution in [0.2, 0.25) is 0 Å². The molecule has 1 aliphatic heterocycles. The van der Waals surface area contributed by atoms with Crippen LogP contribution in [-0.4, -0.2) is 34.8 Å². The molecule has 1 heterocycles. The largest absolute Gasteiger partial charge is 0.488 e. The normalized spacial score (nSPS) is 12.6. The summed E-state index contributed by atoms with van der Waals surface area (Å²) in [5.41, 5.74) is 1.78. The lowest BCUT2D eigenvalue weighted by molar-refractivity contribution is 0.162. The summed E-state index contributed by atoms with van der Waals surface area (Å²) in [7, 11) is -3.74. The quantitative estimate of drug-likeness (QED) is 0.467. The van der Waals surface area contributed by atoms with Gasteiger partial charge < -0.3 is 19.5 Å². The van der Waals surface area contributed by atoms with Crippen molar-refractivity contribution < 1.29 is 22.6 Å². The van der Waals surface area contributed by atoms with E-state index in [0.717, 1.165) is 5.56 Å². The molecule has 0 saturated heterocycles. The molecule has 0 radical (unpaired) electrons. The molecule has 3 aromatic carbocycles. The second kappa shape index (κ2) is 10.3. The number of para-hydroxylation sites is 1. The van der Waals surface area contributed by atoms with E-state index in [1.54, 1.807) is 18.2 Å². The summed E-state index contributed by atoms with van der Waals surface area (Å²) in [6.07, 6.45) is 0. The van der Waals surface area contributed by atoms with Crippen LogP contribution >= 0.6 is 0 Å². The van der Waals surface area contributed by atoms with E-state index < -0.39 is 10.0 Å². The van der Waals surface area contributed by atoms with Gasteiger partial charge in [-0.25, -0.2) is 8.42 Å². The number of fused-ring (bicyclic) bond motifs is 1. The van der Waals surface area contributed by atoms with Crippen LogP contribution in [0.5, 0.6) is 17.2 Å². The number of nitrogens with one attached hydrogen (secondary N) is 2. The summed E-state index contributed by atoms with van der Waals surface area (Å²) in [6.45, 7) is 2.59. The lowest BCUT2D eigenvalue weighted by atomic mass is 10.2. The first kappa shape index (κ1) is 22.5. The van der Waals surface area contributed by atoms with Gasteiger partial charge in [0.15, 0.2) is 11.5 Å². The summed E-state index contributed by atoms with van der Waals surface area (Å²) in [5.74, 6) is 1.96.